The van der Waals surface area contributed by atoms with Crippen LogP contribution in [0.15, 0.2) is 36.5 Å². The van der Waals surface area contributed by atoms with Gasteiger partial charge in [-0.1, -0.05) is 30.3 Å². The molecule has 1 heterocycles. The molecular formula is C11H13N3. The zero-order valence-corrected chi connectivity index (χ0v) is 8.14. The zero-order chi connectivity index (χ0) is 9.97. The van der Waals surface area contributed by atoms with Crippen LogP contribution in [0.3, 0.4) is 0 Å². The smallest absolute Gasteiger partial charge is 0.139 e. The normalized spacial score (nSPS) is 10.4. The van der Waals surface area contributed by atoms with Crippen LogP contribution in [0.2, 0.25) is 0 Å². The van der Waals surface area contributed by atoms with E-state index >= 15 is 0 Å². The van der Waals surface area contributed by atoms with E-state index in [4.69, 9.17) is 5.73 Å². The van der Waals surface area contributed by atoms with Crippen LogP contribution < -0.4 is 5.73 Å². The summed E-state index contributed by atoms with van der Waals surface area (Å²) >= 11 is 0. The highest BCUT2D eigenvalue weighted by Gasteiger charge is 2.05. The molecule has 0 spiro atoms. The molecule has 0 aliphatic rings. The van der Waals surface area contributed by atoms with Crippen molar-refractivity contribution in [3.63, 3.8) is 0 Å². The molecule has 0 unspecified atom stereocenters. The summed E-state index contributed by atoms with van der Waals surface area (Å²) in [7, 11) is 1.98. The van der Waals surface area contributed by atoms with Gasteiger partial charge in [0.15, 0.2) is 0 Å². The van der Waals surface area contributed by atoms with Crippen LogP contribution in [0.5, 0.6) is 0 Å². The van der Waals surface area contributed by atoms with Crippen LogP contribution in [-0.2, 0) is 13.6 Å². The lowest BCUT2D eigenvalue weighted by molar-refractivity contribution is 0.828. The van der Waals surface area contributed by atoms with Gasteiger partial charge in [-0.25, -0.2) is 4.98 Å². The summed E-state index contributed by atoms with van der Waals surface area (Å²) in [5, 5.41) is 0. The van der Waals surface area contributed by atoms with Crippen molar-refractivity contribution in [2.45, 2.75) is 6.54 Å². The van der Waals surface area contributed by atoms with Crippen LogP contribution in [-0.4, -0.2) is 9.55 Å². The SMILES string of the molecule is Cn1c(CN)cnc1-c1ccccc1. The first-order valence-corrected chi connectivity index (χ1v) is 4.59. The third kappa shape index (κ3) is 1.42. The molecule has 0 saturated heterocycles. The van der Waals surface area contributed by atoms with Crippen molar-refractivity contribution >= 4 is 0 Å². The lowest BCUT2D eigenvalue weighted by atomic mass is 10.2. The predicted octanol–water partition coefficient (Wildman–Crippen LogP) is 1.55. The molecule has 1 aromatic carbocycles. The molecule has 0 amide bonds. The molecule has 2 N–H and O–H groups in total. The van der Waals surface area contributed by atoms with E-state index in [1.807, 2.05) is 48.1 Å². The molecule has 14 heavy (non-hydrogen) atoms. The van der Waals surface area contributed by atoms with Gasteiger partial charge in [-0.2, -0.15) is 0 Å². The second kappa shape index (κ2) is 3.64. The standard InChI is InChI=1S/C11H13N3/c1-14-10(7-12)8-13-11(14)9-5-3-2-4-6-9/h2-6,8H,7,12H2,1H3. The van der Waals surface area contributed by atoms with Gasteiger partial charge in [-0.05, 0) is 0 Å². The Labute approximate surface area is 83.2 Å². The number of hydrogen-bond acceptors (Lipinski definition) is 2. The van der Waals surface area contributed by atoms with E-state index in [2.05, 4.69) is 4.98 Å². The largest absolute Gasteiger partial charge is 0.330 e. The molecular weight excluding hydrogens is 174 g/mol. The van der Waals surface area contributed by atoms with E-state index in [0.29, 0.717) is 6.54 Å². The number of nitrogens with two attached hydrogens (primary N) is 1. The third-order valence-corrected chi connectivity index (χ3v) is 2.33. The van der Waals surface area contributed by atoms with Crippen molar-refractivity contribution in [1.82, 2.24) is 9.55 Å². The van der Waals surface area contributed by atoms with E-state index in [9.17, 15) is 0 Å². The van der Waals surface area contributed by atoms with Gasteiger partial charge in [0.1, 0.15) is 5.82 Å². The number of nitrogens with zero attached hydrogens (tertiary/aromatic N) is 2. The van der Waals surface area contributed by atoms with Crippen molar-refractivity contribution in [3.8, 4) is 11.4 Å². The Hall–Kier alpha value is -1.61. The Morgan fingerprint density at radius 1 is 1.29 bits per heavy atom. The summed E-state index contributed by atoms with van der Waals surface area (Å²) in [5.74, 6) is 0.964. The summed E-state index contributed by atoms with van der Waals surface area (Å²) in [6, 6.07) is 10.1. The highest BCUT2D eigenvalue weighted by molar-refractivity contribution is 5.55. The predicted molar refractivity (Wildman–Crippen MR) is 56.5 cm³/mol. The Morgan fingerprint density at radius 2 is 2.00 bits per heavy atom. The molecule has 0 atom stereocenters. The van der Waals surface area contributed by atoms with E-state index < -0.39 is 0 Å². The van der Waals surface area contributed by atoms with Gasteiger partial charge in [0, 0.05) is 19.2 Å². The topological polar surface area (TPSA) is 43.8 Å². The number of aromatic nitrogens is 2. The Kier molecular flexibility index (Phi) is 2.33. The second-order valence-corrected chi connectivity index (χ2v) is 3.20. The van der Waals surface area contributed by atoms with Crippen LogP contribution in [0.1, 0.15) is 5.69 Å². The first-order chi connectivity index (χ1) is 6.83. The van der Waals surface area contributed by atoms with Gasteiger partial charge < -0.3 is 10.3 Å². The fourth-order valence-electron chi connectivity index (χ4n) is 1.49. The molecule has 0 saturated carbocycles. The van der Waals surface area contributed by atoms with Gasteiger partial charge in [0.25, 0.3) is 0 Å². The lowest BCUT2D eigenvalue weighted by Crippen LogP contribution is -2.03. The van der Waals surface area contributed by atoms with Crippen molar-refractivity contribution in [2.24, 2.45) is 12.8 Å². The zero-order valence-electron chi connectivity index (χ0n) is 8.14. The van der Waals surface area contributed by atoms with Crippen LogP contribution in [0, 0.1) is 0 Å². The monoisotopic (exact) mass is 187 g/mol. The average Bonchev–Trinajstić information content (AvgIpc) is 2.61. The van der Waals surface area contributed by atoms with Gasteiger partial charge in [0.2, 0.25) is 0 Å². The molecule has 3 nitrogen and oxygen atoms in total. The van der Waals surface area contributed by atoms with E-state index in [0.717, 1.165) is 17.1 Å². The number of hydrogen-bond donors (Lipinski definition) is 1. The van der Waals surface area contributed by atoms with Crippen LogP contribution in [0.4, 0.5) is 0 Å². The second-order valence-electron chi connectivity index (χ2n) is 3.20. The van der Waals surface area contributed by atoms with E-state index in [1.54, 1.807) is 0 Å². The van der Waals surface area contributed by atoms with Crippen molar-refractivity contribution in [2.75, 3.05) is 0 Å². The van der Waals surface area contributed by atoms with Gasteiger partial charge in [-0.15, -0.1) is 0 Å². The summed E-state index contributed by atoms with van der Waals surface area (Å²) < 4.78 is 2.02. The summed E-state index contributed by atoms with van der Waals surface area (Å²) in [6.07, 6.45) is 1.82. The first-order valence-electron chi connectivity index (χ1n) is 4.59. The Balaban J connectivity index is 2.48. The molecule has 0 radical (unpaired) electrons. The van der Waals surface area contributed by atoms with Crippen molar-refractivity contribution in [1.29, 1.82) is 0 Å². The Morgan fingerprint density at radius 3 is 2.57 bits per heavy atom. The minimum atomic E-state index is 0.524. The average molecular weight is 187 g/mol. The number of imidazole rings is 1. The van der Waals surface area contributed by atoms with Crippen molar-refractivity contribution < 1.29 is 0 Å². The lowest BCUT2D eigenvalue weighted by Gasteiger charge is -2.03. The fraction of sp³-hybridized carbons (Fsp3) is 0.182. The minimum Gasteiger partial charge on any atom is -0.330 e. The summed E-state index contributed by atoms with van der Waals surface area (Å²) in [4.78, 5) is 4.34. The molecule has 0 fully saturated rings. The highest BCUT2D eigenvalue weighted by Crippen LogP contribution is 2.17. The van der Waals surface area contributed by atoms with E-state index in [-0.39, 0.29) is 0 Å². The van der Waals surface area contributed by atoms with Crippen LogP contribution >= 0.6 is 0 Å². The maximum atomic E-state index is 5.58. The summed E-state index contributed by atoms with van der Waals surface area (Å²) in [6.45, 7) is 0.524. The highest BCUT2D eigenvalue weighted by atomic mass is 15.1. The third-order valence-electron chi connectivity index (χ3n) is 2.33. The fourth-order valence-corrected chi connectivity index (χ4v) is 1.49. The van der Waals surface area contributed by atoms with Gasteiger partial charge in [0.05, 0.1) is 11.9 Å². The quantitative estimate of drug-likeness (QED) is 0.775. The molecule has 2 aromatic rings. The molecule has 2 rings (SSSR count). The minimum absolute atomic E-state index is 0.524. The molecule has 72 valence electrons. The maximum Gasteiger partial charge on any atom is 0.139 e. The molecule has 0 bridgehead atoms. The molecule has 3 heteroatoms. The van der Waals surface area contributed by atoms with E-state index in [1.165, 1.54) is 0 Å². The number of benzene rings is 1. The molecule has 1 aromatic heterocycles. The van der Waals surface area contributed by atoms with Gasteiger partial charge in [-0.3, -0.25) is 0 Å². The molecule has 0 aliphatic carbocycles. The van der Waals surface area contributed by atoms with Gasteiger partial charge >= 0.3 is 0 Å². The number of rotatable bonds is 2. The van der Waals surface area contributed by atoms with Crippen molar-refractivity contribution in [3.05, 3.63) is 42.2 Å². The maximum absolute atomic E-state index is 5.58. The first kappa shape index (κ1) is 8.97. The summed E-state index contributed by atoms with van der Waals surface area (Å²) in [5.41, 5.74) is 7.75. The molecule has 0 aliphatic heterocycles. The Bertz CT molecular complexity index is 417. The van der Waals surface area contributed by atoms with Crippen LogP contribution in [0.25, 0.3) is 11.4 Å².